The lowest BCUT2D eigenvalue weighted by molar-refractivity contribution is -0.202. The van der Waals surface area contributed by atoms with Gasteiger partial charge in [0.15, 0.2) is 5.72 Å². The molecule has 54 heavy (non-hydrogen) atoms. The molecule has 3 rings (SSSR count). The van der Waals surface area contributed by atoms with E-state index in [9.17, 15) is 24.3 Å². The minimum absolute atomic E-state index is 0.00282. The van der Waals surface area contributed by atoms with E-state index in [2.05, 4.69) is 25.0 Å². The molecule has 0 aliphatic carbocycles. The average molecular weight is 795 g/mol. The van der Waals surface area contributed by atoms with Crippen LogP contribution in [-0.4, -0.2) is 101 Å². The van der Waals surface area contributed by atoms with E-state index in [1.807, 2.05) is 13.0 Å². The summed E-state index contributed by atoms with van der Waals surface area (Å²) in [6.45, 7) is 14.0. The number of halogens is 1. The molecular weight excluding hydrogens is 736 g/mol. The fourth-order valence-electron chi connectivity index (χ4n) is 6.25. The van der Waals surface area contributed by atoms with Crippen LogP contribution < -0.4 is 15.0 Å². The first-order chi connectivity index (χ1) is 25.2. The van der Waals surface area contributed by atoms with E-state index in [1.165, 1.54) is 19.1 Å². The number of fused-ring (bicyclic) bond motifs is 4. The van der Waals surface area contributed by atoms with E-state index in [0.717, 1.165) is 17.2 Å². The molecule has 1 saturated heterocycles. The Labute approximate surface area is 325 Å². The predicted molar refractivity (Wildman–Crippen MR) is 208 cm³/mol. The molecule has 1 aromatic carbocycles. The zero-order valence-electron chi connectivity index (χ0n) is 33.4. The van der Waals surface area contributed by atoms with Gasteiger partial charge in [0.05, 0.1) is 31.9 Å². The summed E-state index contributed by atoms with van der Waals surface area (Å²) in [4.78, 5) is 53.7. The Bertz CT molecular complexity index is 1560. The second-order valence-corrected chi connectivity index (χ2v) is 21.9. The molecule has 2 N–H and O–H groups in total. The second-order valence-electron chi connectivity index (χ2n) is 15.9. The van der Waals surface area contributed by atoms with Crippen molar-refractivity contribution in [1.29, 1.82) is 0 Å². The Hall–Kier alpha value is -3.43. The number of rotatable bonds is 11. The smallest absolute Gasteiger partial charge is 0.409 e. The Morgan fingerprint density at radius 3 is 2.41 bits per heavy atom. The number of carbonyl (C=O) groups excluding carboxylic acids is 4. The Morgan fingerprint density at radius 2 is 1.78 bits per heavy atom. The van der Waals surface area contributed by atoms with Crippen LogP contribution in [0.2, 0.25) is 30.7 Å². The molecule has 302 valence electrons. The third-order valence-corrected chi connectivity index (χ3v) is 11.6. The fourth-order valence-corrected chi connectivity index (χ4v) is 7.28. The number of aliphatic hydroxyl groups is 1. The number of carbonyl (C=O) groups is 4. The number of ether oxygens (including phenoxy) is 6. The molecule has 13 nitrogen and oxygen atoms in total. The molecule has 1 aromatic rings. The van der Waals surface area contributed by atoms with Crippen molar-refractivity contribution < 1.29 is 52.7 Å². The van der Waals surface area contributed by atoms with Gasteiger partial charge in [-0.15, -0.1) is 0 Å². The van der Waals surface area contributed by atoms with Gasteiger partial charge in [0.25, 0.3) is 0 Å². The maximum Gasteiger partial charge on any atom is 0.409 e. The van der Waals surface area contributed by atoms with Crippen LogP contribution in [0.25, 0.3) is 0 Å². The van der Waals surface area contributed by atoms with Gasteiger partial charge in [-0.2, -0.15) is 0 Å². The highest BCUT2D eigenvalue weighted by Gasteiger charge is 2.48. The zero-order chi connectivity index (χ0) is 40.4. The van der Waals surface area contributed by atoms with E-state index in [1.54, 1.807) is 52.1 Å². The van der Waals surface area contributed by atoms with Crippen LogP contribution >= 0.6 is 11.6 Å². The number of amides is 2. The van der Waals surface area contributed by atoms with Crippen molar-refractivity contribution >= 4 is 49.3 Å². The number of nitrogens with one attached hydrogen (secondary N) is 1. The molecule has 0 saturated carbocycles. The number of anilines is 1. The van der Waals surface area contributed by atoms with Crippen molar-refractivity contribution in [3.63, 3.8) is 0 Å². The molecule has 2 heterocycles. The quantitative estimate of drug-likeness (QED) is 0.109. The Kier molecular flexibility index (Phi) is 16.2. The summed E-state index contributed by atoms with van der Waals surface area (Å²) in [5, 5.41) is 14.4. The normalized spacial score (nSPS) is 26.8. The maximum absolute atomic E-state index is 14.0. The zero-order valence-corrected chi connectivity index (χ0v) is 35.2. The summed E-state index contributed by atoms with van der Waals surface area (Å²) in [7, 11) is 3.17. The number of alkyl carbamates (subject to hydrolysis) is 1. The van der Waals surface area contributed by atoms with Crippen LogP contribution in [0.4, 0.5) is 10.5 Å². The molecule has 1 fully saturated rings. The monoisotopic (exact) mass is 794 g/mol. The Balaban J connectivity index is 1.93. The largest absolute Gasteiger partial charge is 0.495 e. The van der Waals surface area contributed by atoms with Crippen LogP contribution in [0.3, 0.4) is 0 Å². The van der Waals surface area contributed by atoms with E-state index in [0.29, 0.717) is 37.3 Å². The first-order valence-electron chi connectivity index (χ1n) is 18.4. The summed E-state index contributed by atoms with van der Waals surface area (Å²) in [5.41, 5.74) is -1.01. The predicted octanol–water partition coefficient (Wildman–Crippen LogP) is 6.50. The van der Waals surface area contributed by atoms with Gasteiger partial charge in [-0.3, -0.25) is 19.7 Å². The SMILES string of the molecule is COc1cc2cc(c1Cl)N(C)C(=O)C[C@H](OC(=O)CCCCC(=O)OCC[Si](C)(C)C)C(C)(C)O[C@H](C)[C@@H]1C[C@@](O)(NC(=O)O1)[C@H](OC)/C=C/C=C(\C)C2. The standard InChI is InChI=1S/C39H59ClN2O11Si/c1-25-14-13-15-31(49-7)39(47)24-30(51-37(46)41-39)26(2)53-38(3,4)32(52-35(45)17-12-11-16-34(44)50-18-19-54(8,9)10)23-33(43)42(5)28-21-27(20-25)22-29(48-6)36(28)40/h13-15,21-22,26,30-32,47H,11-12,16-20,23-24H2,1-10H3,(H,41,46)/b15-13+,25-14+/t26-,30+,31-,32+,39+/m1/s1. The minimum Gasteiger partial charge on any atom is -0.495 e. The number of hydrogen-bond acceptors (Lipinski definition) is 11. The van der Waals surface area contributed by atoms with Crippen molar-refractivity contribution in [2.24, 2.45) is 0 Å². The molecule has 0 aromatic heterocycles. The van der Waals surface area contributed by atoms with Gasteiger partial charge in [0.2, 0.25) is 5.91 Å². The first-order valence-corrected chi connectivity index (χ1v) is 22.5. The van der Waals surface area contributed by atoms with E-state index < -0.39 is 61.8 Å². The number of nitrogens with zero attached hydrogens (tertiary/aromatic N) is 1. The van der Waals surface area contributed by atoms with Crippen molar-refractivity contribution in [1.82, 2.24) is 5.32 Å². The molecular formula is C39H59ClN2O11Si. The molecule has 15 heteroatoms. The summed E-state index contributed by atoms with van der Waals surface area (Å²) in [6.07, 6.45) is 1.58. The molecule has 0 radical (unpaired) electrons. The highest BCUT2D eigenvalue weighted by Crippen LogP contribution is 2.38. The Morgan fingerprint density at radius 1 is 1.11 bits per heavy atom. The summed E-state index contributed by atoms with van der Waals surface area (Å²) < 4.78 is 34.5. The number of hydrogen-bond donors (Lipinski definition) is 2. The van der Waals surface area contributed by atoms with E-state index >= 15 is 0 Å². The molecule has 2 aliphatic heterocycles. The highest BCUT2D eigenvalue weighted by molar-refractivity contribution is 6.76. The molecule has 0 unspecified atom stereocenters. The number of esters is 2. The fraction of sp³-hybridized carbons (Fsp3) is 0.641. The van der Waals surface area contributed by atoms with Gasteiger partial charge >= 0.3 is 18.0 Å². The van der Waals surface area contributed by atoms with E-state index in [4.69, 9.17) is 40.0 Å². The minimum atomic E-state index is -1.85. The molecule has 2 aliphatic rings. The lowest BCUT2D eigenvalue weighted by Gasteiger charge is -2.44. The molecule has 5 atom stereocenters. The van der Waals surface area contributed by atoms with Gasteiger partial charge in [-0.05, 0) is 70.7 Å². The summed E-state index contributed by atoms with van der Waals surface area (Å²) in [5.74, 6) is -0.921. The van der Waals surface area contributed by atoms with Crippen LogP contribution in [0.1, 0.15) is 71.8 Å². The lowest BCUT2D eigenvalue weighted by atomic mass is 9.93. The maximum atomic E-state index is 14.0. The summed E-state index contributed by atoms with van der Waals surface area (Å²) in [6, 6.07) is 4.47. The van der Waals surface area contributed by atoms with Gasteiger partial charge in [0, 0.05) is 41.5 Å². The highest BCUT2D eigenvalue weighted by atomic mass is 35.5. The first kappa shape index (κ1) is 45.0. The third kappa shape index (κ3) is 13.1. The van der Waals surface area contributed by atoms with Crippen molar-refractivity contribution in [2.75, 3.05) is 32.8 Å². The molecule has 0 spiro atoms. The average Bonchev–Trinajstić information content (AvgIpc) is 3.07. The summed E-state index contributed by atoms with van der Waals surface area (Å²) >= 11 is 6.74. The van der Waals surface area contributed by atoms with Crippen molar-refractivity contribution in [3.8, 4) is 5.75 Å². The third-order valence-electron chi connectivity index (χ3n) is 9.55. The number of methoxy groups -OCH3 is 2. The molecule has 4 bridgehead atoms. The van der Waals surface area contributed by atoms with Gasteiger partial charge in [-0.1, -0.05) is 55.0 Å². The van der Waals surface area contributed by atoms with Crippen molar-refractivity contribution in [2.45, 2.75) is 134 Å². The van der Waals surface area contributed by atoms with Crippen LogP contribution in [0.5, 0.6) is 5.75 Å². The second kappa shape index (κ2) is 19.4. The van der Waals surface area contributed by atoms with Crippen LogP contribution in [-0.2, 0) is 44.5 Å². The van der Waals surface area contributed by atoms with Gasteiger partial charge < -0.3 is 38.4 Å². The van der Waals surface area contributed by atoms with Crippen molar-refractivity contribution in [3.05, 3.63) is 46.5 Å². The van der Waals surface area contributed by atoms with Crippen LogP contribution in [0, 0.1) is 0 Å². The van der Waals surface area contributed by atoms with Gasteiger partial charge in [0.1, 0.15) is 34.7 Å². The topological polar surface area (TPSA) is 159 Å². The van der Waals surface area contributed by atoms with Gasteiger partial charge in [-0.25, -0.2) is 4.79 Å². The number of unbranched alkanes of at least 4 members (excludes halogenated alkanes) is 1. The molecule has 2 amide bonds. The number of allylic oxidation sites excluding steroid dienone is 3. The van der Waals surface area contributed by atoms with Crippen LogP contribution in [0.15, 0.2) is 35.9 Å². The lowest BCUT2D eigenvalue weighted by Crippen LogP contribution is -2.64. The number of benzene rings is 1. The van der Waals surface area contributed by atoms with E-state index in [-0.39, 0.29) is 36.7 Å².